The molecule has 0 bridgehead atoms. The molecule has 0 aliphatic carbocycles. The Bertz CT molecular complexity index is 624. The van der Waals surface area contributed by atoms with Gasteiger partial charge in [-0.05, 0) is 51.9 Å². The lowest BCUT2D eigenvalue weighted by Crippen LogP contribution is -2.47. The van der Waals surface area contributed by atoms with Crippen molar-refractivity contribution < 1.29 is 8.81 Å². The minimum Gasteiger partial charge on any atom is -0.440 e. The standard InChI is InChI=1S/C16H22FN3O/c1-16(2,18)10-20-7-5-11(6-8-20)15-19-13-9-12(17)3-4-14(13)21-15/h3-4,9,11H,5-8,10,18H2,1-2H3. The Balaban J connectivity index is 1.68. The quantitative estimate of drug-likeness (QED) is 0.944. The molecule has 2 N–H and O–H groups in total. The van der Waals surface area contributed by atoms with E-state index < -0.39 is 0 Å². The Labute approximate surface area is 124 Å². The lowest BCUT2D eigenvalue weighted by molar-refractivity contribution is 0.171. The van der Waals surface area contributed by atoms with E-state index in [2.05, 4.69) is 23.7 Å². The van der Waals surface area contributed by atoms with Crippen LogP contribution in [-0.2, 0) is 0 Å². The van der Waals surface area contributed by atoms with Gasteiger partial charge in [0, 0.05) is 24.1 Å². The Morgan fingerprint density at radius 2 is 2.10 bits per heavy atom. The average Bonchev–Trinajstić information content (AvgIpc) is 2.80. The summed E-state index contributed by atoms with van der Waals surface area (Å²) in [6.45, 7) is 7.00. The Kier molecular flexibility index (Phi) is 3.71. The van der Waals surface area contributed by atoms with Crippen LogP contribution in [0.4, 0.5) is 4.39 Å². The highest BCUT2D eigenvalue weighted by Crippen LogP contribution is 2.30. The molecule has 2 aromatic rings. The summed E-state index contributed by atoms with van der Waals surface area (Å²) in [5.41, 5.74) is 7.18. The van der Waals surface area contributed by atoms with Crippen LogP contribution >= 0.6 is 0 Å². The van der Waals surface area contributed by atoms with Crippen LogP contribution in [0.5, 0.6) is 0 Å². The number of benzene rings is 1. The van der Waals surface area contributed by atoms with Gasteiger partial charge in [-0.15, -0.1) is 0 Å². The minimum absolute atomic E-state index is 0.165. The Hall–Kier alpha value is -1.46. The first-order valence-corrected chi connectivity index (χ1v) is 7.48. The van der Waals surface area contributed by atoms with Gasteiger partial charge in [-0.2, -0.15) is 0 Å². The molecule has 0 spiro atoms. The number of hydrogen-bond donors (Lipinski definition) is 1. The normalized spacial score (nSPS) is 18.5. The number of rotatable bonds is 3. The van der Waals surface area contributed by atoms with E-state index in [9.17, 15) is 4.39 Å². The highest BCUT2D eigenvalue weighted by molar-refractivity contribution is 5.72. The second kappa shape index (κ2) is 5.39. The average molecular weight is 291 g/mol. The lowest BCUT2D eigenvalue weighted by atomic mass is 9.95. The topological polar surface area (TPSA) is 55.3 Å². The van der Waals surface area contributed by atoms with Gasteiger partial charge in [0.1, 0.15) is 11.3 Å². The molecule has 5 heteroatoms. The van der Waals surface area contributed by atoms with E-state index in [1.165, 1.54) is 12.1 Å². The predicted octanol–water partition coefficient (Wildman–Crippen LogP) is 2.88. The van der Waals surface area contributed by atoms with Crippen molar-refractivity contribution in [2.45, 2.75) is 38.1 Å². The molecule has 1 aliphatic heterocycles. The van der Waals surface area contributed by atoms with Crippen LogP contribution in [0.15, 0.2) is 22.6 Å². The molecule has 114 valence electrons. The SMILES string of the molecule is CC(C)(N)CN1CCC(c2nc3cc(F)ccc3o2)CC1. The summed E-state index contributed by atoms with van der Waals surface area (Å²) in [6.07, 6.45) is 2.01. The van der Waals surface area contributed by atoms with Gasteiger partial charge in [-0.25, -0.2) is 9.37 Å². The van der Waals surface area contributed by atoms with Crippen molar-refractivity contribution in [3.05, 3.63) is 29.9 Å². The summed E-state index contributed by atoms with van der Waals surface area (Å²) in [7, 11) is 0. The van der Waals surface area contributed by atoms with E-state index in [0.717, 1.165) is 38.4 Å². The molecule has 0 atom stereocenters. The maximum absolute atomic E-state index is 13.2. The van der Waals surface area contributed by atoms with Crippen molar-refractivity contribution in [3.63, 3.8) is 0 Å². The number of hydrogen-bond acceptors (Lipinski definition) is 4. The Morgan fingerprint density at radius 3 is 2.76 bits per heavy atom. The zero-order valence-corrected chi connectivity index (χ0v) is 12.6. The largest absolute Gasteiger partial charge is 0.440 e. The molecule has 0 radical (unpaired) electrons. The van der Waals surface area contributed by atoms with E-state index in [1.54, 1.807) is 6.07 Å². The van der Waals surface area contributed by atoms with Crippen molar-refractivity contribution >= 4 is 11.1 Å². The summed E-state index contributed by atoms with van der Waals surface area (Å²) in [4.78, 5) is 6.83. The van der Waals surface area contributed by atoms with Crippen LogP contribution in [0.3, 0.4) is 0 Å². The van der Waals surface area contributed by atoms with Crippen LogP contribution in [-0.4, -0.2) is 35.1 Å². The second-order valence-electron chi connectivity index (χ2n) is 6.70. The molecule has 1 aromatic carbocycles. The number of nitrogens with zero attached hydrogens (tertiary/aromatic N) is 2. The third-order valence-corrected chi connectivity index (χ3v) is 3.93. The van der Waals surface area contributed by atoms with E-state index in [-0.39, 0.29) is 11.4 Å². The molecule has 1 aromatic heterocycles. The molecule has 2 heterocycles. The highest BCUT2D eigenvalue weighted by atomic mass is 19.1. The predicted molar refractivity (Wildman–Crippen MR) is 80.6 cm³/mol. The molecule has 1 fully saturated rings. The summed E-state index contributed by atoms with van der Waals surface area (Å²) in [6, 6.07) is 4.48. The summed E-state index contributed by atoms with van der Waals surface area (Å²) in [5, 5.41) is 0. The van der Waals surface area contributed by atoms with Crippen molar-refractivity contribution in [2.24, 2.45) is 5.73 Å². The number of aromatic nitrogens is 1. The summed E-state index contributed by atoms with van der Waals surface area (Å²) in [5.74, 6) is 0.780. The molecule has 0 amide bonds. The number of oxazole rings is 1. The molecule has 1 saturated heterocycles. The van der Waals surface area contributed by atoms with Gasteiger partial charge in [0.15, 0.2) is 11.5 Å². The maximum atomic E-state index is 13.2. The fourth-order valence-corrected chi connectivity index (χ4v) is 3.01. The molecule has 0 unspecified atom stereocenters. The van der Waals surface area contributed by atoms with E-state index in [4.69, 9.17) is 10.2 Å². The fourth-order valence-electron chi connectivity index (χ4n) is 3.01. The third-order valence-electron chi connectivity index (χ3n) is 3.93. The van der Waals surface area contributed by atoms with Gasteiger partial charge in [0.25, 0.3) is 0 Å². The molecule has 3 rings (SSSR count). The van der Waals surface area contributed by atoms with E-state index in [0.29, 0.717) is 17.0 Å². The zero-order valence-electron chi connectivity index (χ0n) is 12.6. The molecule has 21 heavy (non-hydrogen) atoms. The smallest absolute Gasteiger partial charge is 0.198 e. The van der Waals surface area contributed by atoms with Crippen molar-refractivity contribution in [1.82, 2.24) is 9.88 Å². The fraction of sp³-hybridized carbons (Fsp3) is 0.562. The van der Waals surface area contributed by atoms with Gasteiger partial charge < -0.3 is 15.1 Å². The molecule has 0 saturated carbocycles. The van der Waals surface area contributed by atoms with E-state index >= 15 is 0 Å². The monoisotopic (exact) mass is 291 g/mol. The minimum atomic E-state index is -0.276. The van der Waals surface area contributed by atoms with Gasteiger partial charge >= 0.3 is 0 Å². The van der Waals surface area contributed by atoms with Crippen LogP contribution in [0.1, 0.15) is 38.5 Å². The first kappa shape index (κ1) is 14.5. The van der Waals surface area contributed by atoms with Crippen LogP contribution in [0.25, 0.3) is 11.1 Å². The summed E-state index contributed by atoms with van der Waals surface area (Å²) < 4.78 is 19.0. The van der Waals surface area contributed by atoms with Gasteiger partial charge in [0.05, 0.1) is 0 Å². The van der Waals surface area contributed by atoms with Crippen molar-refractivity contribution in [3.8, 4) is 0 Å². The number of piperidine rings is 1. The van der Waals surface area contributed by atoms with Crippen LogP contribution in [0.2, 0.25) is 0 Å². The van der Waals surface area contributed by atoms with E-state index in [1.807, 2.05) is 0 Å². The van der Waals surface area contributed by atoms with Gasteiger partial charge in [0.2, 0.25) is 0 Å². The number of likely N-dealkylation sites (tertiary alicyclic amines) is 1. The maximum Gasteiger partial charge on any atom is 0.198 e. The van der Waals surface area contributed by atoms with Crippen LogP contribution < -0.4 is 5.73 Å². The van der Waals surface area contributed by atoms with Crippen molar-refractivity contribution in [2.75, 3.05) is 19.6 Å². The van der Waals surface area contributed by atoms with Gasteiger partial charge in [-0.3, -0.25) is 0 Å². The number of halogens is 1. The first-order valence-electron chi connectivity index (χ1n) is 7.48. The zero-order chi connectivity index (χ0) is 15.0. The first-order chi connectivity index (χ1) is 9.90. The number of nitrogens with two attached hydrogens (primary N) is 1. The molecule has 4 nitrogen and oxygen atoms in total. The lowest BCUT2D eigenvalue weighted by Gasteiger charge is -2.34. The molecular formula is C16H22FN3O. The van der Waals surface area contributed by atoms with Gasteiger partial charge in [-0.1, -0.05) is 0 Å². The highest BCUT2D eigenvalue weighted by Gasteiger charge is 2.26. The Morgan fingerprint density at radius 1 is 1.38 bits per heavy atom. The summed E-state index contributed by atoms with van der Waals surface area (Å²) >= 11 is 0. The second-order valence-corrected chi connectivity index (χ2v) is 6.70. The van der Waals surface area contributed by atoms with Crippen molar-refractivity contribution in [1.29, 1.82) is 0 Å². The molecular weight excluding hydrogens is 269 g/mol. The number of fused-ring (bicyclic) bond motifs is 1. The van der Waals surface area contributed by atoms with Crippen LogP contribution in [0, 0.1) is 5.82 Å². The molecule has 1 aliphatic rings. The third kappa shape index (κ3) is 3.41.